The van der Waals surface area contributed by atoms with Crippen LogP contribution in [0.3, 0.4) is 0 Å². The maximum absolute atomic E-state index is 12.4. The van der Waals surface area contributed by atoms with Crippen LogP contribution in [-0.2, 0) is 20.9 Å². The Hall–Kier alpha value is -1.65. The molecule has 2 saturated heterocycles. The van der Waals surface area contributed by atoms with E-state index in [1.54, 1.807) is 11.3 Å². The molecule has 10 heteroatoms. The molecule has 3 aliphatic rings. The normalized spacial score (nSPS) is 27.2. The van der Waals surface area contributed by atoms with Crippen molar-refractivity contribution >= 4 is 23.2 Å². The number of amides is 1. The molecule has 0 radical (unpaired) electrons. The maximum atomic E-state index is 12.4. The summed E-state index contributed by atoms with van der Waals surface area (Å²) in [5, 5.41) is 12.2. The number of alkyl halides is 3. The number of carboxylic acids is 1. The fourth-order valence-electron chi connectivity index (χ4n) is 4.43. The van der Waals surface area contributed by atoms with E-state index >= 15 is 0 Å². The largest absolute Gasteiger partial charge is 0.490 e. The Morgan fingerprint density at radius 3 is 2.57 bits per heavy atom. The molecule has 168 valence electrons. The second-order valence-corrected chi connectivity index (χ2v) is 9.01. The van der Waals surface area contributed by atoms with Crippen LogP contribution in [0.25, 0.3) is 0 Å². The molecule has 30 heavy (non-hydrogen) atoms. The Morgan fingerprint density at radius 1 is 1.27 bits per heavy atom. The van der Waals surface area contributed by atoms with Crippen LogP contribution in [0.15, 0.2) is 17.5 Å². The third-order valence-electron chi connectivity index (χ3n) is 5.98. The molecule has 2 aliphatic heterocycles. The number of carboxylic acid groups (broad SMARTS) is 1. The van der Waals surface area contributed by atoms with Gasteiger partial charge in [-0.15, -0.1) is 11.3 Å². The molecule has 1 saturated carbocycles. The van der Waals surface area contributed by atoms with Crippen LogP contribution in [0.4, 0.5) is 13.2 Å². The minimum atomic E-state index is -5.08. The van der Waals surface area contributed by atoms with Crippen molar-refractivity contribution in [2.24, 2.45) is 5.92 Å². The molecule has 4 rings (SSSR count). The predicted octanol–water partition coefficient (Wildman–Crippen LogP) is 3.42. The molecule has 2 N–H and O–H groups in total. The average Bonchev–Trinajstić information content (AvgIpc) is 3.46. The van der Waals surface area contributed by atoms with Gasteiger partial charge in [-0.1, -0.05) is 18.9 Å². The summed E-state index contributed by atoms with van der Waals surface area (Å²) >= 11 is 1.68. The molecule has 1 amide bonds. The fourth-order valence-corrected chi connectivity index (χ4v) is 5.07. The van der Waals surface area contributed by atoms with Crippen molar-refractivity contribution in [3.63, 3.8) is 0 Å². The molecule has 3 fully saturated rings. The number of hydrogen-bond acceptors (Lipinski definition) is 5. The van der Waals surface area contributed by atoms with Gasteiger partial charge in [0.2, 0.25) is 5.91 Å². The summed E-state index contributed by atoms with van der Waals surface area (Å²) in [6, 6.07) is 4.84. The molecule has 1 aromatic rings. The second-order valence-electron chi connectivity index (χ2n) is 7.98. The van der Waals surface area contributed by atoms with Gasteiger partial charge in [0, 0.05) is 17.5 Å². The minimum absolute atomic E-state index is 0.0696. The molecule has 3 atom stereocenters. The Balaban J connectivity index is 0.000000318. The van der Waals surface area contributed by atoms with Crippen molar-refractivity contribution in [2.45, 2.75) is 69.5 Å². The Labute approximate surface area is 177 Å². The molecule has 0 spiro atoms. The molecule has 6 nitrogen and oxygen atoms in total. The number of fused-ring (bicyclic) bond motifs is 1. The molecule has 0 bridgehead atoms. The molecule has 1 aromatic heterocycles. The highest BCUT2D eigenvalue weighted by Gasteiger charge is 2.43. The molecule has 1 aliphatic carbocycles. The lowest BCUT2D eigenvalue weighted by atomic mass is 9.90. The number of piperidine rings is 1. The van der Waals surface area contributed by atoms with Crippen LogP contribution in [-0.4, -0.2) is 59.4 Å². The van der Waals surface area contributed by atoms with Crippen molar-refractivity contribution in [3.8, 4) is 0 Å². The molecule has 0 aromatic carbocycles. The highest BCUT2D eigenvalue weighted by atomic mass is 32.1. The summed E-state index contributed by atoms with van der Waals surface area (Å²) in [6.07, 6.45) is 2.49. The standard InChI is InChI=1S/C18H26N2O2S.C2HF3O2/c21-18(19-11-15-6-3-9-23-15)16-10-13-7-8-20(12-17(13)22-16)14-4-1-2-5-14;3-2(4,5)1(6)7/h3,6,9,13-14,16-17H,1-2,4-5,7-8,10-12H2,(H,19,21);(H,6,7)/t13-,16-,17+;/m0./s1. The van der Waals surface area contributed by atoms with Crippen LogP contribution in [0.5, 0.6) is 0 Å². The van der Waals surface area contributed by atoms with Gasteiger partial charge >= 0.3 is 12.1 Å². The zero-order chi connectivity index (χ0) is 21.7. The number of halogens is 3. The number of ether oxygens (including phenoxy) is 1. The first-order valence-electron chi connectivity index (χ1n) is 10.2. The van der Waals surface area contributed by atoms with Crippen LogP contribution in [0, 0.1) is 5.92 Å². The average molecular weight is 449 g/mol. The maximum Gasteiger partial charge on any atom is 0.490 e. The van der Waals surface area contributed by atoms with Gasteiger partial charge in [0.25, 0.3) is 0 Å². The van der Waals surface area contributed by atoms with E-state index in [0.29, 0.717) is 12.5 Å². The molecular formula is C20H27F3N2O4S. The minimum Gasteiger partial charge on any atom is -0.475 e. The second kappa shape index (κ2) is 10.1. The van der Waals surface area contributed by atoms with Crippen molar-refractivity contribution in [1.29, 1.82) is 0 Å². The van der Waals surface area contributed by atoms with E-state index in [4.69, 9.17) is 14.6 Å². The Morgan fingerprint density at radius 2 is 1.97 bits per heavy atom. The van der Waals surface area contributed by atoms with Crippen LogP contribution < -0.4 is 5.32 Å². The smallest absolute Gasteiger partial charge is 0.475 e. The number of nitrogens with one attached hydrogen (secondary N) is 1. The number of likely N-dealkylation sites (tertiary alicyclic amines) is 1. The third-order valence-corrected chi connectivity index (χ3v) is 6.85. The number of aliphatic carboxylic acids is 1. The number of carbonyl (C=O) groups is 2. The molecule has 0 unspecified atom stereocenters. The van der Waals surface area contributed by atoms with Crippen LogP contribution in [0.2, 0.25) is 0 Å². The molecule has 3 heterocycles. The van der Waals surface area contributed by atoms with Crippen LogP contribution >= 0.6 is 11.3 Å². The quantitative estimate of drug-likeness (QED) is 0.738. The summed E-state index contributed by atoms with van der Waals surface area (Å²) in [5.41, 5.74) is 0. The number of rotatable bonds is 4. The van der Waals surface area contributed by atoms with Gasteiger partial charge in [-0.2, -0.15) is 13.2 Å². The van der Waals surface area contributed by atoms with Crippen LogP contribution in [0.1, 0.15) is 43.4 Å². The highest BCUT2D eigenvalue weighted by molar-refractivity contribution is 7.09. The summed E-state index contributed by atoms with van der Waals surface area (Å²) in [7, 11) is 0. The van der Waals surface area contributed by atoms with E-state index in [9.17, 15) is 18.0 Å². The summed E-state index contributed by atoms with van der Waals surface area (Å²) < 4.78 is 37.9. The van der Waals surface area contributed by atoms with Crippen molar-refractivity contribution in [1.82, 2.24) is 10.2 Å². The lowest BCUT2D eigenvalue weighted by molar-refractivity contribution is -0.192. The number of thiophene rings is 1. The molecular weight excluding hydrogens is 421 g/mol. The van der Waals surface area contributed by atoms with Gasteiger partial charge in [0.1, 0.15) is 6.10 Å². The number of carbonyl (C=O) groups excluding carboxylic acids is 1. The van der Waals surface area contributed by atoms with Gasteiger partial charge in [-0.05, 0) is 49.6 Å². The lowest BCUT2D eigenvalue weighted by Gasteiger charge is -2.37. The van der Waals surface area contributed by atoms with E-state index < -0.39 is 12.1 Å². The highest BCUT2D eigenvalue weighted by Crippen LogP contribution is 2.36. The monoisotopic (exact) mass is 448 g/mol. The third kappa shape index (κ3) is 6.18. The van der Waals surface area contributed by atoms with Crippen molar-refractivity contribution in [2.75, 3.05) is 13.1 Å². The Kier molecular flexibility index (Phi) is 7.75. The predicted molar refractivity (Wildman–Crippen MR) is 105 cm³/mol. The first-order chi connectivity index (χ1) is 14.2. The van der Waals surface area contributed by atoms with E-state index in [1.807, 2.05) is 11.4 Å². The van der Waals surface area contributed by atoms with Crippen molar-refractivity contribution < 1.29 is 32.6 Å². The van der Waals surface area contributed by atoms with E-state index in [-0.39, 0.29) is 18.1 Å². The topological polar surface area (TPSA) is 78.9 Å². The fraction of sp³-hybridized carbons (Fsp3) is 0.700. The number of nitrogens with zero attached hydrogens (tertiary/aromatic N) is 1. The van der Waals surface area contributed by atoms with Gasteiger partial charge in [-0.25, -0.2) is 4.79 Å². The Bertz CT molecular complexity index is 707. The summed E-state index contributed by atoms with van der Waals surface area (Å²) in [5.74, 6) is -2.11. The first-order valence-corrected chi connectivity index (χ1v) is 11.1. The van der Waals surface area contributed by atoms with E-state index in [0.717, 1.165) is 19.0 Å². The van der Waals surface area contributed by atoms with Gasteiger partial charge in [0.05, 0.1) is 12.6 Å². The van der Waals surface area contributed by atoms with E-state index in [2.05, 4.69) is 16.3 Å². The summed E-state index contributed by atoms with van der Waals surface area (Å²) in [4.78, 5) is 25.1. The zero-order valence-corrected chi connectivity index (χ0v) is 17.4. The zero-order valence-electron chi connectivity index (χ0n) is 16.6. The van der Waals surface area contributed by atoms with E-state index in [1.165, 1.54) is 43.5 Å². The van der Waals surface area contributed by atoms with Gasteiger partial charge < -0.3 is 15.2 Å². The van der Waals surface area contributed by atoms with Crippen molar-refractivity contribution in [3.05, 3.63) is 22.4 Å². The lowest BCUT2D eigenvalue weighted by Crippen LogP contribution is -2.46. The van der Waals surface area contributed by atoms with Gasteiger partial charge in [0.15, 0.2) is 0 Å². The SMILES string of the molecule is O=C(NCc1cccs1)[C@@H]1C[C@@H]2CCN(C3CCCC3)C[C@H]2O1.O=C(O)C(F)(F)F. The summed E-state index contributed by atoms with van der Waals surface area (Å²) in [6.45, 7) is 2.85. The first kappa shape index (κ1) is 23.0. The number of hydrogen-bond donors (Lipinski definition) is 2. The van der Waals surface area contributed by atoms with Gasteiger partial charge in [-0.3, -0.25) is 9.69 Å².